The smallest absolute Gasteiger partial charge is 0.311 e. The van der Waals surface area contributed by atoms with Crippen molar-refractivity contribution in [3.63, 3.8) is 0 Å². The molecule has 0 N–H and O–H groups in total. The summed E-state index contributed by atoms with van der Waals surface area (Å²) < 4.78 is 20.1. The fourth-order valence-electron chi connectivity index (χ4n) is 2.47. The third-order valence-corrected chi connectivity index (χ3v) is 4.00. The number of rotatable bonds is 8. The van der Waals surface area contributed by atoms with Crippen LogP contribution in [0.3, 0.4) is 0 Å². The van der Waals surface area contributed by atoms with Crippen molar-refractivity contribution in [2.45, 2.75) is 12.8 Å². The van der Waals surface area contributed by atoms with Crippen molar-refractivity contribution < 1.29 is 28.5 Å². The molecule has 0 fully saturated rings. The molecule has 7 heteroatoms. The second-order valence-corrected chi connectivity index (χ2v) is 5.86. The number of allylic oxidation sites excluding steroid dienone is 1. The fourth-order valence-corrected chi connectivity index (χ4v) is 2.47. The number of nitriles is 1. The molecule has 0 aliphatic heterocycles. The van der Waals surface area contributed by atoms with E-state index in [2.05, 4.69) is 10.8 Å². The maximum atomic E-state index is 11.7. The van der Waals surface area contributed by atoms with Crippen LogP contribution < -0.4 is 14.2 Å². The summed E-state index contributed by atoms with van der Waals surface area (Å²) in [6.07, 6.45) is 1.61. The summed E-state index contributed by atoms with van der Waals surface area (Å²) in [5.41, 5.74) is 1.88. The van der Waals surface area contributed by atoms with E-state index in [4.69, 9.17) is 14.2 Å². The maximum Gasteiger partial charge on any atom is 0.311 e. The van der Waals surface area contributed by atoms with E-state index in [0.717, 1.165) is 5.56 Å². The van der Waals surface area contributed by atoms with E-state index in [1.165, 1.54) is 14.2 Å². The van der Waals surface area contributed by atoms with Crippen LogP contribution in [0.1, 0.15) is 24.0 Å². The van der Waals surface area contributed by atoms with Crippen LogP contribution in [-0.2, 0) is 14.3 Å². The molecule has 7 nitrogen and oxygen atoms in total. The van der Waals surface area contributed by atoms with Crippen LogP contribution in [0.4, 0.5) is 0 Å². The predicted molar refractivity (Wildman–Crippen MR) is 106 cm³/mol. The number of nitrogens with zero attached hydrogens (tertiary/aromatic N) is 1. The van der Waals surface area contributed by atoms with E-state index < -0.39 is 11.9 Å². The average molecular weight is 395 g/mol. The topological polar surface area (TPSA) is 94.9 Å². The third-order valence-electron chi connectivity index (χ3n) is 4.00. The number of methoxy groups -OCH3 is 3. The van der Waals surface area contributed by atoms with Gasteiger partial charge < -0.3 is 18.9 Å². The van der Waals surface area contributed by atoms with Crippen LogP contribution in [0, 0.1) is 11.3 Å². The van der Waals surface area contributed by atoms with Gasteiger partial charge in [-0.3, -0.25) is 9.59 Å². The number of esters is 2. The van der Waals surface area contributed by atoms with E-state index in [0.29, 0.717) is 28.4 Å². The molecule has 0 spiro atoms. The molecule has 0 atom stereocenters. The Morgan fingerprint density at radius 1 is 0.931 bits per heavy atom. The van der Waals surface area contributed by atoms with E-state index in [9.17, 15) is 14.9 Å². The van der Waals surface area contributed by atoms with E-state index >= 15 is 0 Å². The van der Waals surface area contributed by atoms with Gasteiger partial charge in [-0.1, -0.05) is 12.1 Å². The summed E-state index contributed by atoms with van der Waals surface area (Å²) in [4.78, 5) is 22.8. The molecule has 0 heterocycles. The Labute approximate surface area is 169 Å². The van der Waals surface area contributed by atoms with Crippen LogP contribution in [0.2, 0.25) is 0 Å². The summed E-state index contributed by atoms with van der Waals surface area (Å²) >= 11 is 0. The molecule has 2 aromatic rings. The second-order valence-electron chi connectivity index (χ2n) is 5.86. The van der Waals surface area contributed by atoms with E-state index in [1.807, 2.05) is 0 Å². The minimum atomic E-state index is -0.526. The molecule has 0 radical (unpaired) electrons. The van der Waals surface area contributed by atoms with Crippen molar-refractivity contribution in [1.82, 2.24) is 0 Å². The summed E-state index contributed by atoms with van der Waals surface area (Å²) in [5, 5.41) is 9.53. The number of carbonyl (C=O) groups is 2. The standard InChI is InChI=1S/C22H21NO6/c1-26-19-9-6-16(13-20(19)27-2)17(14-23)12-15-4-7-18(8-5-15)29-22(25)11-10-21(24)28-3/h4-9,12-13H,10-11H2,1-3H3. The molecule has 0 unspecified atom stereocenters. The zero-order valence-electron chi connectivity index (χ0n) is 16.4. The first-order valence-electron chi connectivity index (χ1n) is 8.72. The summed E-state index contributed by atoms with van der Waals surface area (Å²) in [6.45, 7) is 0. The first-order chi connectivity index (χ1) is 14.0. The van der Waals surface area contributed by atoms with Gasteiger partial charge in [0.05, 0.1) is 45.8 Å². The molecule has 0 amide bonds. The minimum absolute atomic E-state index is 0.0347. The van der Waals surface area contributed by atoms with Gasteiger partial charge in [-0.2, -0.15) is 5.26 Å². The number of hydrogen-bond donors (Lipinski definition) is 0. The van der Waals surface area contributed by atoms with Crippen LogP contribution >= 0.6 is 0 Å². The minimum Gasteiger partial charge on any atom is -0.493 e. The van der Waals surface area contributed by atoms with Gasteiger partial charge in [0.2, 0.25) is 0 Å². The molecule has 2 aromatic carbocycles. The molecular formula is C22H21NO6. The molecule has 0 saturated carbocycles. The Kier molecular flexibility index (Phi) is 7.80. The lowest BCUT2D eigenvalue weighted by Gasteiger charge is -2.09. The molecule has 29 heavy (non-hydrogen) atoms. The number of benzene rings is 2. The molecule has 0 aromatic heterocycles. The molecule has 0 bridgehead atoms. The predicted octanol–water partition coefficient (Wildman–Crippen LogP) is 3.63. The summed E-state index contributed by atoms with van der Waals surface area (Å²) in [6, 6.07) is 14.1. The first-order valence-corrected chi connectivity index (χ1v) is 8.72. The zero-order chi connectivity index (χ0) is 21.2. The first kappa shape index (κ1) is 21.5. The lowest BCUT2D eigenvalue weighted by molar-refractivity contribution is -0.144. The Bertz CT molecular complexity index is 941. The van der Waals surface area contributed by atoms with Crippen molar-refractivity contribution in [1.29, 1.82) is 5.26 Å². The van der Waals surface area contributed by atoms with Crippen molar-refractivity contribution in [3.05, 3.63) is 53.6 Å². The van der Waals surface area contributed by atoms with Crippen molar-refractivity contribution >= 4 is 23.6 Å². The average Bonchev–Trinajstić information content (AvgIpc) is 2.76. The van der Waals surface area contributed by atoms with Gasteiger partial charge in [0.25, 0.3) is 0 Å². The van der Waals surface area contributed by atoms with Crippen molar-refractivity contribution in [2.75, 3.05) is 21.3 Å². The van der Waals surface area contributed by atoms with Crippen LogP contribution in [0.5, 0.6) is 17.2 Å². The lowest BCUT2D eigenvalue weighted by Crippen LogP contribution is -2.11. The van der Waals surface area contributed by atoms with Gasteiger partial charge >= 0.3 is 11.9 Å². The Morgan fingerprint density at radius 2 is 1.59 bits per heavy atom. The SMILES string of the molecule is COC(=O)CCC(=O)Oc1ccc(C=C(C#N)c2ccc(OC)c(OC)c2)cc1. The molecule has 0 aliphatic rings. The van der Waals surface area contributed by atoms with Crippen molar-refractivity contribution in [2.24, 2.45) is 0 Å². The monoisotopic (exact) mass is 395 g/mol. The third kappa shape index (κ3) is 6.11. The second kappa shape index (κ2) is 10.5. The summed E-state index contributed by atoms with van der Waals surface area (Å²) in [5.74, 6) is 0.456. The zero-order valence-corrected chi connectivity index (χ0v) is 16.4. The highest BCUT2D eigenvalue weighted by atomic mass is 16.5. The molecular weight excluding hydrogens is 374 g/mol. The van der Waals surface area contributed by atoms with Gasteiger partial charge in [-0.05, 0) is 47.5 Å². The highest BCUT2D eigenvalue weighted by molar-refractivity contribution is 5.90. The number of hydrogen-bond acceptors (Lipinski definition) is 7. The molecule has 0 saturated heterocycles. The van der Waals surface area contributed by atoms with Gasteiger partial charge in [-0.25, -0.2) is 0 Å². The Morgan fingerprint density at radius 3 is 2.17 bits per heavy atom. The van der Waals surface area contributed by atoms with Crippen LogP contribution in [0.25, 0.3) is 11.6 Å². The molecule has 2 rings (SSSR count). The maximum absolute atomic E-state index is 11.7. The highest BCUT2D eigenvalue weighted by Gasteiger charge is 2.10. The molecule has 150 valence electrons. The number of carbonyl (C=O) groups excluding carboxylic acids is 2. The van der Waals surface area contributed by atoms with Crippen LogP contribution in [0.15, 0.2) is 42.5 Å². The highest BCUT2D eigenvalue weighted by Crippen LogP contribution is 2.31. The van der Waals surface area contributed by atoms with Gasteiger partial charge in [-0.15, -0.1) is 0 Å². The van der Waals surface area contributed by atoms with Crippen molar-refractivity contribution in [3.8, 4) is 23.3 Å². The van der Waals surface area contributed by atoms with E-state index in [-0.39, 0.29) is 12.8 Å². The molecule has 0 aliphatic carbocycles. The largest absolute Gasteiger partial charge is 0.493 e. The quantitative estimate of drug-likeness (QED) is 0.291. The van der Waals surface area contributed by atoms with Gasteiger partial charge in [0.1, 0.15) is 5.75 Å². The Hall–Kier alpha value is -3.79. The van der Waals surface area contributed by atoms with E-state index in [1.54, 1.807) is 55.7 Å². The number of ether oxygens (including phenoxy) is 4. The lowest BCUT2D eigenvalue weighted by atomic mass is 10.0. The van der Waals surface area contributed by atoms with Gasteiger partial charge in [0.15, 0.2) is 11.5 Å². The fraction of sp³-hybridized carbons (Fsp3) is 0.227. The van der Waals surface area contributed by atoms with Crippen LogP contribution in [-0.4, -0.2) is 33.3 Å². The van der Waals surface area contributed by atoms with Gasteiger partial charge in [0, 0.05) is 0 Å². The Balaban J connectivity index is 2.12. The normalized spacial score (nSPS) is 10.6. The summed E-state index contributed by atoms with van der Waals surface area (Å²) in [7, 11) is 4.34.